The van der Waals surface area contributed by atoms with Crippen LogP contribution in [-0.4, -0.2) is 36.5 Å². The second kappa shape index (κ2) is 9.56. The summed E-state index contributed by atoms with van der Waals surface area (Å²) >= 11 is 0. The van der Waals surface area contributed by atoms with E-state index in [4.69, 9.17) is 4.74 Å². The van der Waals surface area contributed by atoms with Crippen LogP contribution in [0.4, 0.5) is 0 Å². The predicted octanol–water partition coefficient (Wildman–Crippen LogP) is 2.92. The number of hydrogen-bond donors (Lipinski definition) is 0. The molecule has 0 aromatic carbocycles. The van der Waals surface area contributed by atoms with Crippen molar-refractivity contribution >= 4 is 11.9 Å². The Hall–Kier alpha value is -1.32. The SMILES string of the molecule is C=CCN(CC(=O)OCC)C(=O)C1CCCCCCC1. The third-order valence-electron chi connectivity index (χ3n) is 3.74. The van der Waals surface area contributed by atoms with Gasteiger partial charge < -0.3 is 9.64 Å². The van der Waals surface area contributed by atoms with Crippen molar-refractivity contribution in [2.45, 2.75) is 51.9 Å². The van der Waals surface area contributed by atoms with E-state index < -0.39 is 0 Å². The summed E-state index contributed by atoms with van der Waals surface area (Å²) in [6.07, 6.45) is 9.46. The molecule has 0 saturated heterocycles. The summed E-state index contributed by atoms with van der Waals surface area (Å²) in [6.45, 7) is 6.23. The highest BCUT2D eigenvalue weighted by atomic mass is 16.5. The quantitative estimate of drug-likeness (QED) is 0.555. The molecule has 0 atom stereocenters. The molecule has 1 rings (SSSR count). The molecule has 0 N–H and O–H groups in total. The molecule has 0 aromatic rings. The van der Waals surface area contributed by atoms with Crippen molar-refractivity contribution in [3.05, 3.63) is 12.7 Å². The van der Waals surface area contributed by atoms with E-state index in [-0.39, 0.29) is 24.3 Å². The lowest BCUT2D eigenvalue weighted by atomic mass is 9.90. The zero-order valence-electron chi connectivity index (χ0n) is 12.6. The van der Waals surface area contributed by atoms with Crippen LogP contribution in [0.3, 0.4) is 0 Å². The fourth-order valence-corrected chi connectivity index (χ4v) is 2.71. The summed E-state index contributed by atoms with van der Waals surface area (Å²) in [5, 5.41) is 0. The van der Waals surface area contributed by atoms with Crippen LogP contribution in [0.25, 0.3) is 0 Å². The fraction of sp³-hybridized carbons (Fsp3) is 0.750. The van der Waals surface area contributed by atoms with Gasteiger partial charge in [0.1, 0.15) is 6.54 Å². The molecule has 4 nitrogen and oxygen atoms in total. The van der Waals surface area contributed by atoms with E-state index in [1.165, 1.54) is 19.3 Å². The minimum absolute atomic E-state index is 0.0369. The molecule has 0 bridgehead atoms. The normalized spacial score (nSPS) is 16.9. The van der Waals surface area contributed by atoms with Crippen LogP contribution in [0.15, 0.2) is 12.7 Å². The summed E-state index contributed by atoms with van der Waals surface area (Å²) in [5.74, 6) is -0.196. The molecular formula is C16H27NO3. The molecule has 1 aliphatic rings. The van der Waals surface area contributed by atoms with Gasteiger partial charge in [-0.1, -0.05) is 38.2 Å². The molecule has 20 heavy (non-hydrogen) atoms. The summed E-state index contributed by atoms with van der Waals surface area (Å²) < 4.78 is 4.93. The van der Waals surface area contributed by atoms with Crippen LogP contribution in [-0.2, 0) is 14.3 Å². The third kappa shape index (κ3) is 5.76. The maximum atomic E-state index is 12.6. The van der Waals surface area contributed by atoms with Crippen molar-refractivity contribution in [2.75, 3.05) is 19.7 Å². The van der Waals surface area contributed by atoms with Crippen LogP contribution < -0.4 is 0 Å². The molecule has 1 aliphatic carbocycles. The van der Waals surface area contributed by atoms with Gasteiger partial charge in [0.25, 0.3) is 0 Å². The van der Waals surface area contributed by atoms with Crippen LogP contribution in [0.1, 0.15) is 51.9 Å². The van der Waals surface area contributed by atoms with E-state index in [0.717, 1.165) is 25.7 Å². The molecule has 0 unspecified atom stereocenters. The average Bonchev–Trinajstić information content (AvgIpc) is 2.37. The number of hydrogen-bond acceptors (Lipinski definition) is 3. The largest absolute Gasteiger partial charge is 0.465 e. The summed E-state index contributed by atoms with van der Waals surface area (Å²) in [7, 11) is 0. The van der Waals surface area contributed by atoms with Crippen LogP contribution in [0, 0.1) is 5.92 Å². The zero-order valence-corrected chi connectivity index (χ0v) is 12.6. The number of ether oxygens (including phenoxy) is 1. The van der Waals surface area contributed by atoms with Crippen molar-refractivity contribution in [2.24, 2.45) is 5.92 Å². The van der Waals surface area contributed by atoms with E-state index in [2.05, 4.69) is 6.58 Å². The predicted molar refractivity (Wildman–Crippen MR) is 79.2 cm³/mol. The first-order valence-electron chi connectivity index (χ1n) is 7.74. The summed E-state index contributed by atoms with van der Waals surface area (Å²) in [6, 6.07) is 0. The molecule has 1 saturated carbocycles. The number of rotatable bonds is 6. The minimum Gasteiger partial charge on any atom is -0.465 e. The smallest absolute Gasteiger partial charge is 0.325 e. The number of amides is 1. The van der Waals surface area contributed by atoms with Crippen molar-refractivity contribution < 1.29 is 14.3 Å². The minimum atomic E-state index is -0.339. The highest BCUT2D eigenvalue weighted by molar-refractivity contribution is 5.83. The molecule has 1 fully saturated rings. The van der Waals surface area contributed by atoms with Crippen molar-refractivity contribution in [3.8, 4) is 0 Å². The van der Waals surface area contributed by atoms with Crippen LogP contribution >= 0.6 is 0 Å². The Labute approximate surface area is 122 Å². The summed E-state index contributed by atoms with van der Waals surface area (Å²) in [4.78, 5) is 25.7. The molecule has 114 valence electrons. The van der Waals surface area contributed by atoms with Gasteiger partial charge in [-0.05, 0) is 19.8 Å². The Balaban J connectivity index is 2.60. The number of carbonyl (C=O) groups excluding carboxylic acids is 2. The lowest BCUT2D eigenvalue weighted by molar-refractivity contribution is -0.150. The highest BCUT2D eigenvalue weighted by Crippen LogP contribution is 2.24. The van der Waals surface area contributed by atoms with Crippen LogP contribution in [0.5, 0.6) is 0 Å². The molecule has 0 aromatic heterocycles. The molecule has 0 radical (unpaired) electrons. The van der Waals surface area contributed by atoms with Gasteiger partial charge in [-0.2, -0.15) is 0 Å². The van der Waals surface area contributed by atoms with Gasteiger partial charge in [0, 0.05) is 12.5 Å². The first kappa shape index (κ1) is 16.7. The molecule has 0 spiro atoms. The number of nitrogens with zero attached hydrogens (tertiary/aromatic N) is 1. The second-order valence-electron chi connectivity index (χ2n) is 5.35. The standard InChI is InChI=1S/C16H27NO3/c1-3-12-17(13-15(18)20-4-2)16(19)14-10-8-6-5-7-9-11-14/h3,14H,1,4-13H2,2H3. The highest BCUT2D eigenvalue weighted by Gasteiger charge is 2.25. The van der Waals surface area contributed by atoms with E-state index in [1.807, 2.05) is 0 Å². The Kier molecular flexibility index (Phi) is 8.00. The van der Waals surface area contributed by atoms with E-state index >= 15 is 0 Å². The van der Waals surface area contributed by atoms with Gasteiger partial charge in [-0.25, -0.2) is 0 Å². The third-order valence-corrected chi connectivity index (χ3v) is 3.74. The van der Waals surface area contributed by atoms with Gasteiger partial charge in [-0.15, -0.1) is 6.58 Å². The molecular weight excluding hydrogens is 254 g/mol. The Morgan fingerprint density at radius 2 is 1.80 bits per heavy atom. The number of carbonyl (C=O) groups is 2. The molecule has 0 aliphatic heterocycles. The van der Waals surface area contributed by atoms with Gasteiger partial charge >= 0.3 is 5.97 Å². The van der Waals surface area contributed by atoms with Crippen molar-refractivity contribution in [1.29, 1.82) is 0 Å². The van der Waals surface area contributed by atoms with Crippen LogP contribution in [0.2, 0.25) is 0 Å². The topological polar surface area (TPSA) is 46.6 Å². The van der Waals surface area contributed by atoms with Crippen molar-refractivity contribution in [3.63, 3.8) is 0 Å². The lowest BCUT2D eigenvalue weighted by Crippen LogP contribution is -2.40. The second-order valence-corrected chi connectivity index (χ2v) is 5.35. The monoisotopic (exact) mass is 281 g/mol. The Bertz CT molecular complexity index is 320. The lowest BCUT2D eigenvalue weighted by Gasteiger charge is -2.26. The van der Waals surface area contributed by atoms with E-state index in [9.17, 15) is 9.59 Å². The van der Waals surface area contributed by atoms with Gasteiger partial charge in [0.2, 0.25) is 5.91 Å². The Morgan fingerprint density at radius 3 is 2.35 bits per heavy atom. The maximum absolute atomic E-state index is 12.6. The molecule has 1 amide bonds. The Morgan fingerprint density at radius 1 is 1.20 bits per heavy atom. The van der Waals surface area contributed by atoms with Gasteiger partial charge in [0.05, 0.1) is 6.61 Å². The van der Waals surface area contributed by atoms with Gasteiger partial charge in [-0.3, -0.25) is 9.59 Å². The molecule has 0 heterocycles. The fourth-order valence-electron chi connectivity index (χ4n) is 2.71. The summed E-state index contributed by atoms with van der Waals surface area (Å²) in [5.41, 5.74) is 0. The zero-order chi connectivity index (χ0) is 14.8. The molecule has 4 heteroatoms. The van der Waals surface area contributed by atoms with Crippen molar-refractivity contribution in [1.82, 2.24) is 4.90 Å². The first-order chi connectivity index (χ1) is 9.69. The average molecular weight is 281 g/mol. The van der Waals surface area contributed by atoms with Gasteiger partial charge in [0.15, 0.2) is 0 Å². The maximum Gasteiger partial charge on any atom is 0.325 e. The van der Waals surface area contributed by atoms with E-state index in [1.54, 1.807) is 17.9 Å². The number of esters is 1. The van der Waals surface area contributed by atoms with E-state index in [0.29, 0.717) is 13.2 Å². The first-order valence-corrected chi connectivity index (χ1v) is 7.74.